The summed E-state index contributed by atoms with van der Waals surface area (Å²) >= 11 is 0. The summed E-state index contributed by atoms with van der Waals surface area (Å²) in [6, 6.07) is 15.5. The summed E-state index contributed by atoms with van der Waals surface area (Å²) < 4.78 is 0. The van der Waals surface area contributed by atoms with E-state index in [9.17, 15) is 5.11 Å². The van der Waals surface area contributed by atoms with Crippen molar-refractivity contribution in [1.82, 2.24) is 5.32 Å². The Hall–Kier alpha value is -1.80. The van der Waals surface area contributed by atoms with Crippen molar-refractivity contribution in [2.24, 2.45) is 0 Å². The van der Waals surface area contributed by atoms with Crippen molar-refractivity contribution in [3.8, 4) is 5.75 Å². The summed E-state index contributed by atoms with van der Waals surface area (Å²) in [5.74, 6) is 0.385. The normalized spacial score (nSPS) is 23.6. The second kappa shape index (κ2) is 4.64. The highest BCUT2D eigenvalue weighted by molar-refractivity contribution is 5.41. The number of hydrogen-bond donors (Lipinski definition) is 2. The maximum Gasteiger partial charge on any atom is 0.115 e. The van der Waals surface area contributed by atoms with Crippen LogP contribution in [-0.4, -0.2) is 5.11 Å². The van der Waals surface area contributed by atoms with Crippen LogP contribution < -0.4 is 5.32 Å². The van der Waals surface area contributed by atoms with Crippen LogP contribution in [0.15, 0.2) is 42.5 Å². The van der Waals surface area contributed by atoms with Gasteiger partial charge in [0, 0.05) is 12.1 Å². The summed E-state index contributed by atoms with van der Waals surface area (Å²) in [7, 11) is 0. The zero-order valence-electron chi connectivity index (χ0n) is 11.5. The van der Waals surface area contributed by atoms with Crippen LogP contribution in [0.2, 0.25) is 0 Å². The van der Waals surface area contributed by atoms with Crippen molar-refractivity contribution in [3.05, 3.63) is 64.7 Å². The number of fused-ring (bicyclic) bond motifs is 2. The minimum Gasteiger partial charge on any atom is -0.508 e. The van der Waals surface area contributed by atoms with Gasteiger partial charge in [0.15, 0.2) is 0 Å². The monoisotopic (exact) mass is 265 g/mol. The molecule has 0 heterocycles. The van der Waals surface area contributed by atoms with Crippen LogP contribution in [0.1, 0.15) is 47.2 Å². The molecule has 4 rings (SSSR count). The highest BCUT2D eigenvalue weighted by Gasteiger charge is 2.28. The van der Waals surface area contributed by atoms with Crippen molar-refractivity contribution >= 4 is 0 Å². The fraction of sp³-hybridized carbons (Fsp3) is 0.333. The molecule has 2 nitrogen and oxygen atoms in total. The van der Waals surface area contributed by atoms with E-state index in [4.69, 9.17) is 0 Å². The molecule has 0 saturated carbocycles. The molecule has 2 heteroatoms. The third-order valence-corrected chi connectivity index (χ3v) is 4.74. The molecule has 0 amide bonds. The molecule has 2 aromatic rings. The van der Waals surface area contributed by atoms with E-state index < -0.39 is 0 Å². The number of nitrogens with one attached hydrogen (secondary N) is 1. The number of phenolic OH excluding ortho intramolecular Hbond substituents is 1. The van der Waals surface area contributed by atoms with Crippen LogP contribution in [0.4, 0.5) is 0 Å². The van der Waals surface area contributed by atoms with E-state index in [-0.39, 0.29) is 0 Å². The topological polar surface area (TPSA) is 32.3 Å². The molecule has 0 saturated heterocycles. The van der Waals surface area contributed by atoms with Gasteiger partial charge in [-0.05, 0) is 60.1 Å². The zero-order valence-corrected chi connectivity index (χ0v) is 11.5. The van der Waals surface area contributed by atoms with Crippen molar-refractivity contribution < 1.29 is 5.11 Å². The van der Waals surface area contributed by atoms with Crippen LogP contribution in [0.25, 0.3) is 0 Å². The molecule has 0 spiro atoms. The fourth-order valence-corrected chi connectivity index (χ4v) is 3.75. The Labute approximate surface area is 119 Å². The van der Waals surface area contributed by atoms with Gasteiger partial charge in [0.2, 0.25) is 0 Å². The Morgan fingerprint density at radius 2 is 1.55 bits per heavy atom. The fourth-order valence-electron chi connectivity index (χ4n) is 3.75. The summed E-state index contributed by atoms with van der Waals surface area (Å²) in [6.45, 7) is 0. The Balaban J connectivity index is 1.58. The van der Waals surface area contributed by atoms with Crippen LogP contribution in [0.5, 0.6) is 5.75 Å². The van der Waals surface area contributed by atoms with E-state index in [2.05, 4.69) is 35.6 Å². The van der Waals surface area contributed by atoms with Gasteiger partial charge in [0.25, 0.3) is 0 Å². The summed E-state index contributed by atoms with van der Waals surface area (Å²) in [5, 5.41) is 13.4. The molecule has 2 aliphatic carbocycles. The first-order valence-electron chi connectivity index (χ1n) is 7.47. The molecule has 0 aliphatic heterocycles. The number of benzene rings is 2. The minimum absolute atomic E-state index is 0.385. The third-order valence-electron chi connectivity index (χ3n) is 4.74. The second-order valence-corrected chi connectivity index (χ2v) is 5.93. The number of rotatable bonds is 2. The van der Waals surface area contributed by atoms with Crippen molar-refractivity contribution in [1.29, 1.82) is 0 Å². The second-order valence-electron chi connectivity index (χ2n) is 5.93. The van der Waals surface area contributed by atoms with Gasteiger partial charge in [-0.15, -0.1) is 0 Å². The lowest BCUT2D eigenvalue weighted by Gasteiger charge is -2.21. The van der Waals surface area contributed by atoms with Gasteiger partial charge in [-0.3, -0.25) is 0 Å². The van der Waals surface area contributed by atoms with Gasteiger partial charge in [-0.1, -0.05) is 30.3 Å². The molecule has 102 valence electrons. The standard InChI is InChI=1S/C18H19NO/c20-14-7-8-16-13(11-14)6-10-18(16)19-17-9-5-12-3-1-2-4-15(12)17/h1-4,7-8,11,17-20H,5-6,9-10H2. The molecule has 2 aliphatic rings. The van der Waals surface area contributed by atoms with E-state index in [1.54, 1.807) is 6.07 Å². The SMILES string of the molecule is Oc1ccc2c(c1)CCC2NC1CCc2ccccc21. The molecular formula is C18H19NO. The molecule has 0 aromatic heterocycles. The zero-order chi connectivity index (χ0) is 13.5. The Kier molecular flexibility index (Phi) is 2.78. The van der Waals surface area contributed by atoms with E-state index in [1.165, 1.54) is 35.1 Å². The Morgan fingerprint density at radius 3 is 2.40 bits per heavy atom. The largest absolute Gasteiger partial charge is 0.508 e. The van der Waals surface area contributed by atoms with E-state index in [1.807, 2.05) is 6.07 Å². The van der Waals surface area contributed by atoms with Gasteiger partial charge in [-0.25, -0.2) is 0 Å². The first-order chi connectivity index (χ1) is 9.81. The van der Waals surface area contributed by atoms with Crippen molar-refractivity contribution in [3.63, 3.8) is 0 Å². The van der Waals surface area contributed by atoms with E-state index in [0.717, 1.165) is 12.8 Å². The maximum atomic E-state index is 9.58. The molecule has 0 radical (unpaired) electrons. The quantitative estimate of drug-likeness (QED) is 0.868. The van der Waals surface area contributed by atoms with Crippen molar-refractivity contribution in [2.75, 3.05) is 0 Å². The van der Waals surface area contributed by atoms with Crippen molar-refractivity contribution in [2.45, 2.75) is 37.8 Å². The number of phenols is 1. The highest BCUT2D eigenvalue weighted by atomic mass is 16.3. The number of aryl methyl sites for hydroxylation is 2. The van der Waals surface area contributed by atoms with Gasteiger partial charge in [-0.2, -0.15) is 0 Å². The average Bonchev–Trinajstić information content (AvgIpc) is 3.04. The third kappa shape index (κ3) is 1.92. The molecule has 2 atom stereocenters. The first-order valence-corrected chi connectivity index (χ1v) is 7.47. The predicted molar refractivity (Wildman–Crippen MR) is 79.8 cm³/mol. The summed E-state index contributed by atoms with van der Waals surface area (Å²) in [4.78, 5) is 0. The molecule has 2 unspecified atom stereocenters. The molecule has 0 bridgehead atoms. The summed E-state index contributed by atoms with van der Waals surface area (Å²) in [5.41, 5.74) is 5.63. The van der Waals surface area contributed by atoms with Crippen LogP contribution >= 0.6 is 0 Å². The molecule has 2 aromatic carbocycles. The summed E-state index contributed by atoms with van der Waals surface area (Å²) in [6.07, 6.45) is 4.58. The maximum absolute atomic E-state index is 9.58. The minimum atomic E-state index is 0.385. The lowest BCUT2D eigenvalue weighted by Crippen LogP contribution is -2.23. The lowest BCUT2D eigenvalue weighted by molar-refractivity contribution is 0.440. The van der Waals surface area contributed by atoms with Gasteiger partial charge >= 0.3 is 0 Å². The van der Waals surface area contributed by atoms with Gasteiger partial charge in [0.1, 0.15) is 5.75 Å². The molecule has 0 fully saturated rings. The van der Waals surface area contributed by atoms with Gasteiger partial charge in [0.05, 0.1) is 0 Å². The van der Waals surface area contributed by atoms with E-state index >= 15 is 0 Å². The molecule has 20 heavy (non-hydrogen) atoms. The Morgan fingerprint density at radius 1 is 0.850 bits per heavy atom. The average molecular weight is 265 g/mol. The smallest absolute Gasteiger partial charge is 0.115 e. The number of aromatic hydroxyl groups is 1. The molecular weight excluding hydrogens is 246 g/mol. The number of hydrogen-bond acceptors (Lipinski definition) is 2. The highest BCUT2D eigenvalue weighted by Crippen LogP contribution is 2.38. The molecule has 2 N–H and O–H groups in total. The Bertz CT molecular complexity index is 650. The van der Waals surface area contributed by atoms with Crippen LogP contribution in [0.3, 0.4) is 0 Å². The van der Waals surface area contributed by atoms with E-state index in [0.29, 0.717) is 17.8 Å². The van der Waals surface area contributed by atoms with Crippen LogP contribution in [-0.2, 0) is 12.8 Å². The van der Waals surface area contributed by atoms with Crippen LogP contribution in [0, 0.1) is 0 Å². The predicted octanol–water partition coefficient (Wildman–Crippen LogP) is 3.66. The van der Waals surface area contributed by atoms with Gasteiger partial charge < -0.3 is 10.4 Å². The first kappa shape index (κ1) is 12.0. The lowest BCUT2D eigenvalue weighted by atomic mass is 10.0.